The van der Waals surface area contributed by atoms with Gasteiger partial charge < -0.3 is 5.11 Å². The monoisotopic (exact) mass is 220 g/mol. The molecule has 16 heavy (non-hydrogen) atoms. The first-order chi connectivity index (χ1) is 7.43. The van der Waals surface area contributed by atoms with E-state index in [1.807, 2.05) is 0 Å². The largest absolute Gasteiger partial charge is 0.389 e. The van der Waals surface area contributed by atoms with E-state index in [1.54, 1.807) is 0 Å². The highest BCUT2D eigenvalue weighted by Crippen LogP contribution is 2.53. The minimum absolute atomic E-state index is 0.209. The summed E-state index contributed by atoms with van der Waals surface area (Å²) in [6, 6.07) is 0. The molecule has 0 radical (unpaired) electrons. The van der Waals surface area contributed by atoms with Crippen molar-refractivity contribution in [3.05, 3.63) is 23.8 Å². The summed E-state index contributed by atoms with van der Waals surface area (Å²) < 4.78 is 0. The smallest absolute Gasteiger partial charge is 0.0726 e. The molecule has 4 atom stereocenters. The fraction of sp³-hybridized carbons (Fsp3) is 0.733. The molecule has 2 aliphatic carbocycles. The van der Waals surface area contributed by atoms with Crippen LogP contribution in [0.3, 0.4) is 0 Å². The predicted molar refractivity (Wildman–Crippen MR) is 68.1 cm³/mol. The summed E-state index contributed by atoms with van der Waals surface area (Å²) in [7, 11) is 0. The lowest BCUT2D eigenvalue weighted by atomic mass is 9.57. The predicted octanol–water partition coefficient (Wildman–Crippen LogP) is 3.70. The van der Waals surface area contributed by atoms with Crippen LogP contribution in [0.1, 0.15) is 46.5 Å². The minimum Gasteiger partial charge on any atom is -0.389 e. The summed E-state index contributed by atoms with van der Waals surface area (Å²) in [6.07, 6.45) is 6.42. The van der Waals surface area contributed by atoms with Crippen molar-refractivity contribution in [1.82, 2.24) is 0 Å². The fourth-order valence-electron chi connectivity index (χ4n) is 3.49. The normalized spacial score (nSPS) is 43.5. The highest BCUT2D eigenvalue weighted by atomic mass is 16.3. The molecule has 0 heterocycles. The van der Waals surface area contributed by atoms with Crippen molar-refractivity contribution in [2.24, 2.45) is 17.3 Å². The molecular weight excluding hydrogens is 196 g/mol. The Morgan fingerprint density at radius 1 is 1.56 bits per heavy atom. The second-order valence-corrected chi connectivity index (χ2v) is 6.10. The zero-order chi connectivity index (χ0) is 11.9. The topological polar surface area (TPSA) is 20.2 Å². The third kappa shape index (κ3) is 1.86. The molecule has 1 fully saturated rings. The first kappa shape index (κ1) is 11.9. The van der Waals surface area contributed by atoms with Crippen molar-refractivity contribution in [2.45, 2.75) is 52.6 Å². The molecule has 0 aromatic heterocycles. The number of hydrogen-bond donors (Lipinski definition) is 1. The first-order valence-electron chi connectivity index (χ1n) is 6.48. The highest BCUT2D eigenvalue weighted by Gasteiger charge is 2.43. The molecule has 90 valence electrons. The summed E-state index contributed by atoms with van der Waals surface area (Å²) in [5.74, 6) is 1.27. The van der Waals surface area contributed by atoms with Gasteiger partial charge in [0.2, 0.25) is 0 Å². The van der Waals surface area contributed by atoms with E-state index in [-0.39, 0.29) is 6.10 Å². The van der Waals surface area contributed by atoms with Crippen LogP contribution in [0, 0.1) is 17.3 Å². The summed E-state index contributed by atoms with van der Waals surface area (Å²) in [5, 5.41) is 9.81. The molecule has 0 aromatic carbocycles. The zero-order valence-corrected chi connectivity index (χ0v) is 10.8. The molecule has 0 spiro atoms. The zero-order valence-electron chi connectivity index (χ0n) is 10.8. The van der Waals surface area contributed by atoms with E-state index in [1.165, 1.54) is 24.0 Å². The van der Waals surface area contributed by atoms with Crippen LogP contribution in [0.15, 0.2) is 23.8 Å². The lowest BCUT2D eigenvalue weighted by Crippen LogP contribution is -2.39. The average Bonchev–Trinajstić information content (AvgIpc) is 2.19. The van der Waals surface area contributed by atoms with E-state index in [9.17, 15) is 5.11 Å². The molecule has 2 aliphatic rings. The molecule has 2 rings (SSSR count). The van der Waals surface area contributed by atoms with Gasteiger partial charge in [0.1, 0.15) is 0 Å². The Bertz CT molecular complexity index is 328. The van der Waals surface area contributed by atoms with E-state index in [0.717, 1.165) is 12.8 Å². The highest BCUT2D eigenvalue weighted by molar-refractivity contribution is 5.24. The number of aliphatic hydroxyl groups excluding tert-OH is 1. The molecule has 0 aliphatic heterocycles. The van der Waals surface area contributed by atoms with Crippen molar-refractivity contribution in [3.63, 3.8) is 0 Å². The SMILES string of the molecule is C=C(C)[C@@H]1CCC2=C[C@H](O)C[C@@H](C)[C@]2(C)C1. The van der Waals surface area contributed by atoms with Gasteiger partial charge in [-0.1, -0.05) is 37.6 Å². The number of allylic oxidation sites excluding steroid dienone is 2. The van der Waals surface area contributed by atoms with Gasteiger partial charge in [-0.25, -0.2) is 0 Å². The summed E-state index contributed by atoms with van der Waals surface area (Å²) in [4.78, 5) is 0. The fourth-order valence-corrected chi connectivity index (χ4v) is 3.49. The van der Waals surface area contributed by atoms with Gasteiger partial charge in [-0.3, -0.25) is 0 Å². The van der Waals surface area contributed by atoms with Gasteiger partial charge in [0.05, 0.1) is 6.10 Å². The van der Waals surface area contributed by atoms with Crippen LogP contribution in [0.5, 0.6) is 0 Å². The molecule has 0 aromatic rings. The van der Waals surface area contributed by atoms with Gasteiger partial charge in [-0.15, -0.1) is 0 Å². The van der Waals surface area contributed by atoms with Crippen molar-refractivity contribution in [1.29, 1.82) is 0 Å². The average molecular weight is 220 g/mol. The van der Waals surface area contributed by atoms with Gasteiger partial charge >= 0.3 is 0 Å². The third-order valence-corrected chi connectivity index (χ3v) is 4.94. The molecule has 1 nitrogen and oxygen atoms in total. The standard InChI is InChI=1S/C15H24O/c1-10(2)12-5-6-13-8-14(16)7-11(3)15(13,4)9-12/h8,11-12,14,16H,1,5-7,9H2,2-4H3/t11-,12-,14-,15+/m1/s1. The van der Waals surface area contributed by atoms with Crippen LogP contribution in [0.2, 0.25) is 0 Å². The van der Waals surface area contributed by atoms with Crippen LogP contribution in [-0.2, 0) is 0 Å². The molecule has 1 heteroatoms. The molecule has 0 saturated heterocycles. The van der Waals surface area contributed by atoms with E-state index in [4.69, 9.17) is 0 Å². The summed E-state index contributed by atoms with van der Waals surface area (Å²) in [5.41, 5.74) is 3.14. The lowest BCUT2D eigenvalue weighted by Gasteiger charge is -2.48. The maximum atomic E-state index is 9.81. The lowest BCUT2D eigenvalue weighted by molar-refractivity contribution is 0.0882. The van der Waals surface area contributed by atoms with Crippen LogP contribution in [0.25, 0.3) is 0 Å². The van der Waals surface area contributed by atoms with Crippen LogP contribution >= 0.6 is 0 Å². The van der Waals surface area contributed by atoms with Crippen LogP contribution in [0.4, 0.5) is 0 Å². The Kier molecular flexibility index (Phi) is 3.00. The molecule has 1 saturated carbocycles. The van der Waals surface area contributed by atoms with E-state index in [0.29, 0.717) is 17.3 Å². The van der Waals surface area contributed by atoms with Crippen molar-refractivity contribution in [3.8, 4) is 0 Å². The molecule has 0 bridgehead atoms. The molecule has 0 amide bonds. The van der Waals surface area contributed by atoms with Gasteiger partial charge in [-0.05, 0) is 49.9 Å². The Hall–Kier alpha value is -0.560. The molecular formula is C15H24O. The Morgan fingerprint density at radius 3 is 2.88 bits per heavy atom. The minimum atomic E-state index is -0.209. The summed E-state index contributed by atoms with van der Waals surface area (Å²) >= 11 is 0. The van der Waals surface area contributed by atoms with Gasteiger partial charge in [0, 0.05) is 0 Å². The van der Waals surface area contributed by atoms with Crippen LogP contribution < -0.4 is 0 Å². The number of aliphatic hydroxyl groups is 1. The van der Waals surface area contributed by atoms with Crippen molar-refractivity contribution < 1.29 is 5.11 Å². The second kappa shape index (κ2) is 4.03. The Balaban J connectivity index is 2.26. The van der Waals surface area contributed by atoms with E-state index in [2.05, 4.69) is 33.4 Å². The third-order valence-electron chi connectivity index (χ3n) is 4.94. The van der Waals surface area contributed by atoms with E-state index < -0.39 is 0 Å². The number of rotatable bonds is 1. The quantitative estimate of drug-likeness (QED) is 0.668. The maximum absolute atomic E-state index is 9.81. The number of hydrogen-bond acceptors (Lipinski definition) is 1. The van der Waals surface area contributed by atoms with Crippen LogP contribution in [-0.4, -0.2) is 11.2 Å². The summed E-state index contributed by atoms with van der Waals surface area (Å²) in [6.45, 7) is 10.9. The maximum Gasteiger partial charge on any atom is 0.0726 e. The second-order valence-electron chi connectivity index (χ2n) is 6.10. The Labute approximate surface area is 99.3 Å². The first-order valence-corrected chi connectivity index (χ1v) is 6.48. The molecule has 1 N–H and O–H groups in total. The van der Waals surface area contributed by atoms with Gasteiger partial charge in [0.15, 0.2) is 0 Å². The van der Waals surface area contributed by atoms with Crippen molar-refractivity contribution in [2.75, 3.05) is 0 Å². The van der Waals surface area contributed by atoms with Gasteiger partial charge in [-0.2, -0.15) is 0 Å². The Morgan fingerprint density at radius 2 is 2.25 bits per heavy atom. The van der Waals surface area contributed by atoms with E-state index >= 15 is 0 Å². The molecule has 0 unspecified atom stereocenters. The number of fused-ring (bicyclic) bond motifs is 1. The van der Waals surface area contributed by atoms with Crippen molar-refractivity contribution >= 4 is 0 Å². The van der Waals surface area contributed by atoms with Gasteiger partial charge in [0.25, 0.3) is 0 Å².